The molecule has 120 valence electrons. The van der Waals surface area contributed by atoms with Gasteiger partial charge in [0.1, 0.15) is 6.04 Å². The zero-order valence-electron chi connectivity index (χ0n) is 12.9. The molecule has 0 radical (unpaired) electrons. The van der Waals surface area contributed by atoms with Gasteiger partial charge in [-0.15, -0.1) is 4.91 Å². The normalized spacial score (nSPS) is 18.1. The number of rotatable bonds is 5. The van der Waals surface area contributed by atoms with Gasteiger partial charge in [-0.2, -0.15) is 5.01 Å². The van der Waals surface area contributed by atoms with Gasteiger partial charge in [-0.3, -0.25) is 0 Å². The summed E-state index contributed by atoms with van der Waals surface area (Å²) in [5, 5.41) is 5.84. The first-order valence-electron chi connectivity index (χ1n) is 7.13. The Kier molecular flexibility index (Phi) is 5.24. The van der Waals surface area contributed by atoms with Gasteiger partial charge in [0.15, 0.2) is 0 Å². The largest absolute Gasteiger partial charge is 0.463 e. The second-order valence-electron chi connectivity index (χ2n) is 4.83. The SMILES string of the molecule is CCOC(=O)C1=C(C)NC(=O)N(N=O)C1/C=C/c1ccccc1. The van der Waals surface area contributed by atoms with E-state index in [0.29, 0.717) is 10.7 Å². The monoisotopic (exact) mass is 315 g/mol. The van der Waals surface area contributed by atoms with Gasteiger partial charge in [0.2, 0.25) is 0 Å². The van der Waals surface area contributed by atoms with Crippen LogP contribution in [0.4, 0.5) is 4.79 Å². The van der Waals surface area contributed by atoms with Crippen molar-refractivity contribution in [2.45, 2.75) is 19.9 Å². The molecule has 1 aliphatic rings. The predicted octanol–water partition coefficient (Wildman–Crippen LogP) is 2.61. The summed E-state index contributed by atoms with van der Waals surface area (Å²) in [7, 11) is 0. The number of ether oxygens (including phenoxy) is 1. The summed E-state index contributed by atoms with van der Waals surface area (Å²) >= 11 is 0. The summed E-state index contributed by atoms with van der Waals surface area (Å²) in [4.78, 5) is 35.1. The van der Waals surface area contributed by atoms with Crippen LogP contribution in [-0.2, 0) is 9.53 Å². The third-order valence-corrected chi connectivity index (χ3v) is 3.32. The van der Waals surface area contributed by atoms with Gasteiger partial charge < -0.3 is 10.1 Å². The number of urea groups is 1. The highest BCUT2D eigenvalue weighted by Crippen LogP contribution is 2.23. The second-order valence-corrected chi connectivity index (χ2v) is 4.83. The molecule has 1 unspecified atom stereocenters. The average molecular weight is 315 g/mol. The number of hydrogen-bond donors (Lipinski definition) is 1. The van der Waals surface area contributed by atoms with Crippen molar-refractivity contribution in [1.29, 1.82) is 0 Å². The van der Waals surface area contributed by atoms with Gasteiger partial charge in [-0.1, -0.05) is 42.5 Å². The Morgan fingerprint density at radius 1 is 1.39 bits per heavy atom. The van der Waals surface area contributed by atoms with E-state index in [9.17, 15) is 14.5 Å². The van der Waals surface area contributed by atoms with Crippen molar-refractivity contribution in [3.05, 3.63) is 58.1 Å². The molecular formula is C16H17N3O4. The van der Waals surface area contributed by atoms with Gasteiger partial charge in [0, 0.05) is 5.70 Å². The molecule has 0 fully saturated rings. The van der Waals surface area contributed by atoms with Crippen molar-refractivity contribution in [3.63, 3.8) is 0 Å². The van der Waals surface area contributed by atoms with Gasteiger partial charge in [-0.05, 0) is 19.4 Å². The molecule has 7 heteroatoms. The van der Waals surface area contributed by atoms with E-state index < -0.39 is 18.0 Å². The van der Waals surface area contributed by atoms with Crippen LogP contribution in [0.25, 0.3) is 6.08 Å². The number of allylic oxidation sites excluding steroid dienone is 1. The predicted molar refractivity (Wildman–Crippen MR) is 84.8 cm³/mol. The Morgan fingerprint density at radius 3 is 2.70 bits per heavy atom. The molecule has 1 aliphatic heterocycles. The lowest BCUT2D eigenvalue weighted by atomic mass is 10.0. The highest BCUT2D eigenvalue weighted by atomic mass is 16.5. The molecule has 1 heterocycles. The van der Waals surface area contributed by atoms with Crippen molar-refractivity contribution >= 4 is 18.1 Å². The van der Waals surface area contributed by atoms with Crippen molar-refractivity contribution in [2.24, 2.45) is 5.29 Å². The number of nitrogens with zero attached hydrogens (tertiary/aromatic N) is 2. The molecule has 0 aromatic heterocycles. The summed E-state index contributed by atoms with van der Waals surface area (Å²) in [5.74, 6) is -0.596. The Morgan fingerprint density at radius 2 is 2.09 bits per heavy atom. The van der Waals surface area contributed by atoms with Gasteiger partial charge in [0.05, 0.1) is 17.5 Å². The van der Waals surface area contributed by atoms with E-state index >= 15 is 0 Å². The lowest BCUT2D eigenvalue weighted by molar-refractivity contribution is -0.139. The van der Waals surface area contributed by atoms with Crippen LogP contribution < -0.4 is 5.32 Å². The number of carbonyl (C=O) groups is 2. The maximum atomic E-state index is 12.2. The van der Waals surface area contributed by atoms with Crippen molar-refractivity contribution < 1.29 is 14.3 Å². The van der Waals surface area contributed by atoms with Crippen molar-refractivity contribution in [1.82, 2.24) is 10.3 Å². The fraction of sp³-hybridized carbons (Fsp3) is 0.250. The molecule has 0 spiro atoms. The van der Waals surface area contributed by atoms with E-state index in [-0.39, 0.29) is 12.2 Å². The third kappa shape index (κ3) is 3.63. The van der Waals surface area contributed by atoms with Gasteiger partial charge >= 0.3 is 12.0 Å². The molecule has 1 aromatic carbocycles. The van der Waals surface area contributed by atoms with Crippen LogP contribution in [0.1, 0.15) is 19.4 Å². The molecule has 0 saturated heterocycles. The minimum atomic E-state index is -0.916. The fourth-order valence-corrected chi connectivity index (χ4v) is 2.27. The summed E-state index contributed by atoms with van der Waals surface area (Å²) in [5.41, 5.74) is 1.39. The smallest absolute Gasteiger partial charge is 0.345 e. The van der Waals surface area contributed by atoms with Crippen LogP contribution >= 0.6 is 0 Å². The molecule has 1 atom stereocenters. The standard InChI is InChI=1S/C16H17N3O4/c1-3-23-15(20)14-11(2)17-16(21)19(18-22)13(14)10-9-12-7-5-4-6-8-12/h4-10,13H,3H2,1-2H3,(H,17,21)/b10-9+. The summed E-state index contributed by atoms with van der Waals surface area (Å²) in [6, 6.07) is 7.71. The molecule has 23 heavy (non-hydrogen) atoms. The molecule has 2 amide bonds. The topological polar surface area (TPSA) is 88.1 Å². The quantitative estimate of drug-likeness (QED) is 0.668. The summed E-state index contributed by atoms with van der Waals surface area (Å²) in [6.07, 6.45) is 3.29. The van der Waals surface area contributed by atoms with E-state index in [1.54, 1.807) is 26.0 Å². The third-order valence-electron chi connectivity index (χ3n) is 3.32. The minimum absolute atomic E-state index is 0.179. The molecular weight excluding hydrogens is 298 g/mol. The highest BCUT2D eigenvalue weighted by molar-refractivity contribution is 5.95. The number of hydrogen-bond acceptors (Lipinski definition) is 5. The van der Waals surface area contributed by atoms with E-state index in [4.69, 9.17) is 4.74 Å². The van der Waals surface area contributed by atoms with Crippen LogP contribution in [0.15, 0.2) is 53.0 Å². The lowest BCUT2D eigenvalue weighted by Crippen LogP contribution is -2.49. The molecule has 7 nitrogen and oxygen atoms in total. The number of benzene rings is 1. The second kappa shape index (κ2) is 7.35. The number of nitrogens with one attached hydrogen (secondary N) is 1. The number of amides is 2. The summed E-state index contributed by atoms with van der Waals surface area (Å²) in [6.45, 7) is 3.45. The first kappa shape index (κ1) is 16.4. The van der Waals surface area contributed by atoms with Crippen molar-refractivity contribution in [3.8, 4) is 0 Å². The van der Waals surface area contributed by atoms with Crippen LogP contribution in [0.5, 0.6) is 0 Å². The van der Waals surface area contributed by atoms with E-state index in [1.165, 1.54) is 0 Å². The molecule has 1 aromatic rings. The Balaban J connectivity index is 2.41. The Bertz CT molecular complexity index is 667. The van der Waals surface area contributed by atoms with Crippen LogP contribution in [0, 0.1) is 4.91 Å². The lowest BCUT2D eigenvalue weighted by Gasteiger charge is -2.30. The Labute approximate surface area is 133 Å². The van der Waals surface area contributed by atoms with Crippen LogP contribution in [-0.4, -0.2) is 29.7 Å². The maximum absolute atomic E-state index is 12.2. The minimum Gasteiger partial charge on any atom is -0.463 e. The first-order valence-corrected chi connectivity index (χ1v) is 7.13. The first-order chi connectivity index (χ1) is 11.1. The van der Waals surface area contributed by atoms with Gasteiger partial charge in [-0.25, -0.2) is 9.59 Å². The zero-order chi connectivity index (χ0) is 16.8. The van der Waals surface area contributed by atoms with Gasteiger partial charge in [0.25, 0.3) is 0 Å². The number of nitroso groups, excluding NO2 is 1. The van der Waals surface area contributed by atoms with E-state index in [1.807, 2.05) is 30.3 Å². The van der Waals surface area contributed by atoms with E-state index in [2.05, 4.69) is 10.6 Å². The molecule has 0 bridgehead atoms. The van der Waals surface area contributed by atoms with E-state index in [0.717, 1.165) is 5.56 Å². The zero-order valence-corrected chi connectivity index (χ0v) is 12.9. The number of esters is 1. The molecule has 1 N–H and O–H groups in total. The van der Waals surface area contributed by atoms with Crippen LogP contribution in [0.2, 0.25) is 0 Å². The average Bonchev–Trinajstić information content (AvgIpc) is 2.53. The molecule has 0 aliphatic carbocycles. The molecule has 0 saturated carbocycles. The Hall–Kier alpha value is -2.96. The van der Waals surface area contributed by atoms with Crippen LogP contribution in [0.3, 0.4) is 0 Å². The highest BCUT2D eigenvalue weighted by Gasteiger charge is 2.37. The number of carbonyl (C=O) groups excluding carboxylic acids is 2. The van der Waals surface area contributed by atoms with Crippen molar-refractivity contribution in [2.75, 3.05) is 6.61 Å². The maximum Gasteiger partial charge on any atom is 0.345 e. The molecule has 2 rings (SSSR count). The summed E-state index contributed by atoms with van der Waals surface area (Å²) < 4.78 is 5.01. The fourth-order valence-electron chi connectivity index (χ4n) is 2.27.